The van der Waals surface area contributed by atoms with Crippen molar-refractivity contribution in [2.75, 3.05) is 31.6 Å². The van der Waals surface area contributed by atoms with Crippen molar-refractivity contribution in [3.05, 3.63) is 58.6 Å². The minimum Gasteiger partial charge on any atom is -0.379 e. The number of sulfonamides is 1. The number of nitrogens with one attached hydrogen (secondary N) is 2. The normalized spacial score (nSPS) is 14.8. The van der Waals surface area contributed by atoms with E-state index in [-0.39, 0.29) is 29.2 Å². The Balaban J connectivity index is 1.58. The van der Waals surface area contributed by atoms with Gasteiger partial charge in [-0.25, -0.2) is 8.42 Å². The number of carbonyl (C=O) groups is 2. The summed E-state index contributed by atoms with van der Waals surface area (Å²) in [4.78, 5) is 24.9. The van der Waals surface area contributed by atoms with E-state index in [2.05, 4.69) is 10.6 Å². The van der Waals surface area contributed by atoms with Crippen molar-refractivity contribution in [1.29, 1.82) is 0 Å². The first-order chi connectivity index (χ1) is 15.7. The molecule has 2 N–H and O–H groups in total. The second-order valence-electron chi connectivity index (χ2n) is 8.03. The Kier molecular flexibility index (Phi) is 8.47. The highest BCUT2D eigenvalue weighted by Gasteiger charge is 2.26. The molecule has 0 spiro atoms. The van der Waals surface area contributed by atoms with Crippen molar-refractivity contribution in [1.82, 2.24) is 9.62 Å². The SMILES string of the molecule is CC(C)NC(=O)c1ccc(Cl)c(NC(=O)CCc2ccc(S(=O)(=O)N3CCOCC3)cc2)c1. The monoisotopic (exact) mass is 493 g/mol. The molecule has 2 aromatic rings. The lowest BCUT2D eigenvalue weighted by Crippen LogP contribution is -2.40. The van der Waals surface area contributed by atoms with Gasteiger partial charge in [0.25, 0.3) is 5.91 Å². The zero-order chi connectivity index (χ0) is 24.0. The first-order valence-corrected chi connectivity index (χ1v) is 12.6. The Labute approximate surface area is 199 Å². The zero-order valence-corrected chi connectivity index (χ0v) is 20.2. The van der Waals surface area contributed by atoms with Crippen LogP contribution in [0.15, 0.2) is 47.4 Å². The number of carbonyl (C=O) groups excluding carboxylic acids is 2. The number of ether oxygens (including phenoxy) is 1. The van der Waals surface area contributed by atoms with E-state index in [4.69, 9.17) is 16.3 Å². The second kappa shape index (κ2) is 11.1. The molecule has 33 heavy (non-hydrogen) atoms. The summed E-state index contributed by atoms with van der Waals surface area (Å²) in [7, 11) is -3.55. The van der Waals surface area contributed by atoms with Gasteiger partial charge in [-0.15, -0.1) is 0 Å². The molecular weight excluding hydrogens is 466 g/mol. The average Bonchev–Trinajstić information content (AvgIpc) is 2.79. The van der Waals surface area contributed by atoms with Gasteiger partial charge in [0.1, 0.15) is 0 Å². The standard InChI is InChI=1S/C23H28ClN3O5S/c1-16(2)25-23(29)18-6-9-20(24)21(15-18)26-22(28)10-5-17-3-7-19(8-4-17)33(30,31)27-11-13-32-14-12-27/h3-4,6-9,15-16H,5,10-14H2,1-2H3,(H,25,29)(H,26,28). The topological polar surface area (TPSA) is 105 Å². The molecule has 3 rings (SSSR count). The summed E-state index contributed by atoms with van der Waals surface area (Å²) >= 11 is 6.18. The molecular formula is C23H28ClN3O5S. The number of nitrogens with zero attached hydrogens (tertiary/aromatic N) is 1. The minimum absolute atomic E-state index is 0.0125. The maximum Gasteiger partial charge on any atom is 0.251 e. The van der Waals surface area contributed by atoms with E-state index in [9.17, 15) is 18.0 Å². The molecule has 10 heteroatoms. The Morgan fingerprint density at radius 2 is 1.76 bits per heavy atom. The highest BCUT2D eigenvalue weighted by molar-refractivity contribution is 7.89. The number of anilines is 1. The first kappa shape index (κ1) is 25.2. The van der Waals surface area contributed by atoms with Gasteiger partial charge >= 0.3 is 0 Å². The van der Waals surface area contributed by atoms with E-state index in [0.29, 0.717) is 49.0 Å². The summed E-state index contributed by atoms with van der Waals surface area (Å²) < 4.78 is 32.0. The number of aryl methyl sites for hydroxylation is 1. The molecule has 8 nitrogen and oxygen atoms in total. The van der Waals surface area contributed by atoms with Gasteiger partial charge in [-0.05, 0) is 56.2 Å². The van der Waals surface area contributed by atoms with Gasteiger partial charge in [0.05, 0.1) is 28.8 Å². The number of benzene rings is 2. The summed E-state index contributed by atoms with van der Waals surface area (Å²) in [5.41, 5.74) is 1.60. The number of halogens is 1. The number of hydrogen-bond acceptors (Lipinski definition) is 5. The lowest BCUT2D eigenvalue weighted by molar-refractivity contribution is -0.116. The van der Waals surface area contributed by atoms with Gasteiger partial charge in [-0.1, -0.05) is 23.7 Å². The zero-order valence-electron chi connectivity index (χ0n) is 18.6. The molecule has 1 fully saturated rings. The number of amides is 2. The summed E-state index contributed by atoms with van der Waals surface area (Å²) in [6.07, 6.45) is 0.600. The van der Waals surface area contributed by atoms with E-state index in [1.54, 1.807) is 42.5 Å². The van der Waals surface area contributed by atoms with Gasteiger partial charge in [0.2, 0.25) is 15.9 Å². The fraction of sp³-hybridized carbons (Fsp3) is 0.391. The van der Waals surface area contributed by atoms with Gasteiger partial charge in [-0.2, -0.15) is 4.31 Å². The quantitative estimate of drug-likeness (QED) is 0.588. The van der Waals surface area contributed by atoms with Crippen LogP contribution in [0, 0.1) is 0 Å². The maximum absolute atomic E-state index is 12.7. The van der Waals surface area contributed by atoms with Gasteiger partial charge in [-0.3, -0.25) is 9.59 Å². The van der Waals surface area contributed by atoms with E-state index < -0.39 is 10.0 Å². The van der Waals surface area contributed by atoms with Crippen LogP contribution in [0.3, 0.4) is 0 Å². The van der Waals surface area contributed by atoms with Crippen LogP contribution in [0.2, 0.25) is 5.02 Å². The Bertz CT molecular complexity index is 1100. The van der Waals surface area contributed by atoms with Gasteiger partial charge in [0, 0.05) is 31.1 Å². The van der Waals surface area contributed by atoms with Crippen LogP contribution in [0.5, 0.6) is 0 Å². The summed E-state index contributed by atoms with van der Waals surface area (Å²) in [5, 5.41) is 5.87. The third kappa shape index (κ3) is 6.77. The molecule has 0 bridgehead atoms. The van der Waals surface area contributed by atoms with Crippen molar-refractivity contribution in [2.24, 2.45) is 0 Å². The fourth-order valence-corrected chi connectivity index (χ4v) is 4.92. The predicted octanol–water partition coefficient (Wildman–Crippen LogP) is 3.07. The Morgan fingerprint density at radius 1 is 1.09 bits per heavy atom. The Morgan fingerprint density at radius 3 is 2.39 bits per heavy atom. The van der Waals surface area contributed by atoms with Crippen molar-refractivity contribution < 1.29 is 22.7 Å². The van der Waals surface area contributed by atoms with E-state index >= 15 is 0 Å². The van der Waals surface area contributed by atoms with Crippen molar-refractivity contribution in [3.63, 3.8) is 0 Å². The molecule has 1 aliphatic heterocycles. The largest absolute Gasteiger partial charge is 0.379 e. The highest BCUT2D eigenvalue weighted by Crippen LogP contribution is 2.24. The second-order valence-corrected chi connectivity index (χ2v) is 10.4. The molecule has 2 amide bonds. The van der Waals surface area contributed by atoms with Crippen molar-refractivity contribution >= 4 is 39.1 Å². The summed E-state index contributed by atoms with van der Waals surface area (Å²) in [5.74, 6) is -0.507. The summed E-state index contributed by atoms with van der Waals surface area (Å²) in [6.45, 7) is 5.19. The molecule has 1 saturated heterocycles. The molecule has 0 radical (unpaired) electrons. The van der Waals surface area contributed by atoms with Crippen molar-refractivity contribution in [2.45, 2.75) is 37.6 Å². The van der Waals surface area contributed by atoms with Gasteiger partial charge < -0.3 is 15.4 Å². The number of morpholine rings is 1. The molecule has 1 heterocycles. The van der Waals surface area contributed by atoms with Crippen LogP contribution in [0.4, 0.5) is 5.69 Å². The predicted molar refractivity (Wildman–Crippen MR) is 127 cm³/mol. The van der Waals surface area contributed by atoms with Crippen LogP contribution < -0.4 is 10.6 Å². The summed E-state index contributed by atoms with van der Waals surface area (Å²) in [6, 6.07) is 11.2. The van der Waals surface area contributed by atoms with E-state index in [1.807, 2.05) is 13.8 Å². The molecule has 0 aromatic heterocycles. The number of hydrogen-bond donors (Lipinski definition) is 2. The van der Waals surface area contributed by atoms with Crippen LogP contribution in [-0.2, 0) is 26.0 Å². The van der Waals surface area contributed by atoms with Crippen molar-refractivity contribution in [3.8, 4) is 0 Å². The highest BCUT2D eigenvalue weighted by atomic mass is 35.5. The Hall–Kier alpha value is -2.46. The molecule has 1 aliphatic rings. The van der Waals surface area contributed by atoms with Crippen LogP contribution in [0.1, 0.15) is 36.2 Å². The minimum atomic E-state index is -3.55. The fourth-order valence-electron chi connectivity index (χ4n) is 3.34. The average molecular weight is 494 g/mol. The number of rotatable bonds is 8. The molecule has 0 unspecified atom stereocenters. The van der Waals surface area contributed by atoms with Crippen LogP contribution >= 0.6 is 11.6 Å². The van der Waals surface area contributed by atoms with E-state index in [0.717, 1.165) is 5.56 Å². The van der Waals surface area contributed by atoms with Gasteiger partial charge in [0.15, 0.2) is 0 Å². The third-order valence-electron chi connectivity index (χ3n) is 5.09. The molecule has 0 saturated carbocycles. The first-order valence-electron chi connectivity index (χ1n) is 10.7. The van der Waals surface area contributed by atoms with E-state index in [1.165, 1.54) is 4.31 Å². The lowest BCUT2D eigenvalue weighted by Gasteiger charge is -2.26. The van der Waals surface area contributed by atoms with Crippen LogP contribution in [-0.4, -0.2) is 56.9 Å². The third-order valence-corrected chi connectivity index (χ3v) is 7.34. The smallest absolute Gasteiger partial charge is 0.251 e. The molecule has 178 valence electrons. The molecule has 0 atom stereocenters. The maximum atomic E-state index is 12.7. The molecule has 2 aromatic carbocycles. The lowest BCUT2D eigenvalue weighted by atomic mass is 10.1. The van der Waals surface area contributed by atoms with Crippen LogP contribution in [0.25, 0.3) is 0 Å². The molecule has 0 aliphatic carbocycles.